The lowest BCUT2D eigenvalue weighted by Crippen LogP contribution is -2.44. The van der Waals surface area contributed by atoms with E-state index in [0.29, 0.717) is 12.5 Å². The standard InChI is InChI=1S/C21H38N6O2S.HI/c1-7-22-18(24-13-17-15-30-19(25-17)26(5)6)23-11-10-16-9-8-12-27(14-16)20(28)29-21(2,3)4;/h15-16H,7-14H2,1-6H3,(H2,22,23,24);1H. The molecule has 1 atom stereocenters. The molecule has 0 aromatic carbocycles. The minimum atomic E-state index is -0.451. The highest BCUT2D eigenvalue weighted by molar-refractivity contribution is 14.0. The minimum absolute atomic E-state index is 0. The van der Waals surface area contributed by atoms with Gasteiger partial charge in [0.05, 0.1) is 12.2 Å². The third kappa shape index (κ3) is 10.2. The average Bonchev–Trinajstić information content (AvgIpc) is 3.14. The fourth-order valence-electron chi connectivity index (χ4n) is 3.26. The van der Waals surface area contributed by atoms with E-state index in [1.165, 1.54) is 0 Å². The van der Waals surface area contributed by atoms with Crippen molar-refractivity contribution >= 4 is 52.5 Å². The van der Waals surface area contributed by atoms with Gasteiger partial charge in [0.1, 0.15) is 5.60 Å². The topological polar surface area (TPSA) is 82.1 Å². The first-order valence-corrected chi connectivity index (χ1v) is 11.7. The molecule has 31 heavy (non-hydrogen) atoms. The van der Waals surface area contributed by atoms with E-state index in [0.717, 1.165) is 62.2 Å². The minimum Gasteiger partial charge on any atom is -0.444 e. The molecule has 2 rings (SSSR count). The Morgan fingerprint density at radius 3 is 2.74 bits per heavy atom. The number of amides is 1. The lowest BCUT2D eigenvalue weighted by molar-refractivity contribution is 0.0162. The van der Waals surface area contributed by atoms with Crippen LogP contribution in [0.5, 0.6) is 0 Å². The van der Waals surface area contributed by atoms with Crippen LogP contribution in [0.25, 0.3) is 0 Å². The lowest BCUT2D eigenvalue weighted by Gasteiger charge is -2.34. The van der Waals surface area contributed by atoms with Gasteiger partial charge in [0.2, 0.25) is 0 Å². The number of likely N-dealkylation sites (tertiary alicyclic amines) is 1. The zero-order valence-electron chi connectivity index (χ0n) is 19.7. The van der Waals surface area contributed by atoms with Crippen molar-refractivity contribution < 1.29 is 9.53 Å². The average molecular weight is 567 g/mol. The second-order valence-electron chi connectivity index (χ2n) is 8.86. The van der Waals surface area contributed by atoms with Crippen molar-refractivity contribution in [1.29, 1.82) is 0 Å². The molecule has 2 heterocycles. The Morgan fingerprint density at radius 1 is 1.39 bits per heavy atom. The maximum atomic E-state index is 12.3. The highest BCUT2D eigenvalue weighted by atomic mass is 127. The molecule has 0 spiro atoms. The molecule has 178 valence electrons. The van der Waals surface area contributed by atoms with Crippen LogP contribution in [0.3, 0.4) is 0 Å². The summed E-state index contributed by atoms with van der Waals surface area (Å²) in [6.45, 7) is 11.5. The number of carbonyl (C=O) groups is 1. The van der Waals surface area contributed by atoms with Crippen molar-refractivity contribution in [3.05, 3.63) is 11.1 Å². The van der Waals surface area contributed by atoms with Gasteiger partial charge in [-0.25, -0.2) is 14.8 Å². The van der Waals surface area contributed by atoms with E-state index in [1.54, 1.807) is 11.3 Å². The number of hydrogen-bond acceptors (Lipinski definition) is 6. The Bertz CT molecular complexity index is 704. The fraction of sp³-hybridized carbons (Fsp3) is 0.762. The van der Waals surface area contributed by atoms with Crippen LogP contribution in [0.2, 0.25) is 0 Å². The summed E-state index contributed by atoms with van der Waals surface area (Å²) >= 11 is 1.63. The van der Waals surface area contributed by atoms with Crippen LogP contribution in [0.4, 0.5) is 9.93 Å². The van der Waals surface area contributed by atoms with Crippen LogP contribution in [0.1, 0.15) is 52.7 Å². The molecule has 2 N–H and O–H groups in total. The van der Waals surface area contributed by atoms with Crippen LogP contribution < -0.4 is 15.5 Å². The number of aromatic nitrogens is 1. The van der Waals surface area contributed by atoms with Crippen molar-refractivity contribution in [3.8, 4) is 0 Å². The molecule has 0 saturated carbocycles. The largest absolute Gasteiger partial charge is 0.444 e. The molecular weight excluding hydrogens is 527 g/mol. The van der Waals surface area contributed by atoms with Crippen molar-refractivity contribution in [2.45, 2.75) is 59.1 Å². The van der Waals surface area contributed by atoms with E-state index < -0.39 is 5.60 Å². The number of thiazole rings is 1. The van der Waals surface area contributed by atoms with E-state index in [2.05, 4.69) is 32.9 Å². The van der Waals surface area contributed by atoms with Gasteiger partial charge in [0, 0.05) is 45.7 Å². The number of nitrogens with zero attached hydrogens (tertiary/aromatic N) is 4. The second-order valence-corrected chi connectivity index (χ2v) is 9.70. The maximum absolute atomic E-state index is 12.3. The summed E-state index contributed by atoms with van der Waals surface area (Å²) in [5.74, 6) is 1.28. The molecular formula is C21H39IN6O2S. The molecule has 1 amide bonds. The van der Waals surface area contributed by atoms with Crippen molar-refractivity contribution in [1.82, 2.24) is 20.5 Å². The number of guanidine groups is 1. The predicted molar refractivity (Wildman–Crippen MR) is 140 cm³/mol. The summed E-state index contributed by atoms with van der Waals surface area (Å²) in [5, 5.41) is 9.75. The maximum Gasteiger partial charge on any atom is 0.410 e. The zero-order chi connectivity index (χ0) is 22.1. The number of nitrogens with one attached hydrogen (secondary N) is 2. The molecule has 1 aliphatic rings. The Labute approximate surface area is 208 Å². The van der Waals surface area contributed by atoms with Gasteiger partial charge in [-0.15, -0.1) is 35.3 Å². The first-order valence-electron chi connectivity index (χ1n) is 10.8. The summed E-state index contributed by atoms with van der Waals surface area (Å²) in [5.41, 5.74) is 0.522. The molecule has 1 aromatic rings. The van der Waals surface area contributed by atoms with Gasteiger partial charge < -0.3 is 25.2 Å². The van der Waals surface area contributed by atoms with Gasteiger partial charge in [-0.1, -0.05) is 0 Å². The van der Waals surface area contributed by atoms with Crippen LogP contribution >= 0.6 is 35.3 Å². The highest BCUT2D eigenvalue weighted by Crippen LogP contribution is 2.21. The smallest absolute Gasteiger partial charge is 0.410 e. The Balaban J connectivity index is 0.00000480. The van der Waals surface area contributed by atoms with Crippen LogP contribution in [0.15, 0.2) is 10.4 Å². The predicted octanol–water partition coefficient (Wildman–Crippen LogP) is 3.92. The molecule has 1 saturated heterocycles. The molecule has 10 heteroatoms. The molecule has 1 aliphatic heterocycles. The Kier molecular flexibility index (Phi) is 11.9. The number of anilines is 1. The summed E-state index contributed by atoms with van der Waals surface area (Å²) in [6, 6.07) is 0. The highest BCUT2D eigenvalue weighted by Gasteiger charge is 2.27. The molecule has 0 radical (unpaired) electrons. The van der Waals surface area contributed by atoms with E-state index in [4.69, 9.17) is 4.74 Å². The SMILES string of the molecule is CCNC(=NCc1csc(N(C)C)n1)NCCC1CCCN(C(=O)OC(C)(C)C)C1.I. The zero-order valence-corrected chi connectivity index (χ0v) is 22.9. The molecule has 1 fully saturated rings. The molecule has 1 unspecified atom stereocenters. The lowest BCUT2D eigenvalue weighted by atomic mass is 9.95. The fourth-order valence-corrected chi connectivity index (χ4v) is 4.01. The summed E-state index contributed by atoms with van der Waals surface area (Å²) in [7, 11) is 3.99. The van der Waals surface area contributed by atoms with Crippen molar-refractivity contribution in [2.24, 2.45) is 10.9 Å². The number of aliphatic imine (C=N–C) groups is 1. The van der Waals surface area contributed by atoms with Gasteiger partial charge in [-0.05, 0) is 52.9 Å². The van der Waals surface area contributed by atoms with Crippen LogP contribution in [0, 0.1) is 5.92 Å². The third-order valence-electron chi connectivity index (χ3n) is 4.68. The van der Waals surface area contributed by atoms with E-state index in [1.807, 2.05) is 44.7 Å². The van der Waals surface area contributed by atoms with Crippen molar-refractivity contribution in [2.75, 3.05) is 45.2 Å². The van der Waals surface area contributed by atoms with Crippen molar-refractivity contribution in [3.63, 3.8) is 0 Å². The molecule has 8 nitrogen and oxygen atoms in total. The first-order chi connectivity index (χ1) is 14.2. The molecule has 0 bridgehead atoms. The number of hydrogen-bond donors (Lipinski definition) is 2. The quantitative estimate of drug-likeness (QED) is 0.296. The Hall–Kier alpha value is -1.30. The molecule has 1 aromatic heterocycles. The number of ether oxygens (including phenoxy) is 1. The summed E-state index contributed by atoms with van der Waals surface area (Å²) in [4.78, 5) is 25.4. The van der Waals surface area contributed by atoms with Crippen LogP contribution in [-0.4, -0.2) is 67.8 Å². The van der Waals surface area contributed by atoms with Gasteiger partial charge in [0.15, 0.2) is 11.1 Å². The number of carbonyl (C=O) groups excluding carboxylic acids is 1. The third-order valence-corrected chi connectivity index (χ3v) is 5.74. The number of piperidine rings is 1. The summed E-state index contributed by atoms with van der Waals surface area (Å²) in [6.07, 6.45) is 2.96. The van der Waals surface area contributed by atoms with Crippen LogP contribution in [-0.2, 0) is 11.3 Å². The molecule has 0 aliphatic carbocycles. The number of halogens is 1. The van der Waals surface area contributed by atoms with Gasteiger partial charge in [-0.2, -0.15) is 0 Å². The normalized spacial score (nSPS) is 17.0. The second kappa shape index (κ2) is 13.3. The van der Waals surface area contributed by atoms with Gasteiger partial charge in [-0.3, -0.25) is 0 Å². The van der Waals surface area contributed by atoms with E-state index >= 15 is 0 Å². The van der Waals surface area contributed by atoms with E-state index in [9.17, 15) is 4.79 Å². The van der Waals surface area contributed by atoms with E-state index in [-0.39, 0.29) is 30.1 Å². The monoisotopic (exact) mass is 566 g/mol. The van der Waals surface area contributed by atoms with Gasteiger partial charge in [0.25, 0.3) is 0 Å². The summed E-state index contributed by atoms with van der Waals surface area (Å²) < 4.78 is 5.52. The Morgan fingerprint density at radius 2 is 2.13 bits per heavy atom. The first kappa shape index (κ1) is 27.7. The number of rotatable bonds is 7. The van der Waals surface area contributed by atoms with Gasteiger partial charge >= 0.3 is 6.09 Å².